The summed E-state index contributed by atoms with van der Waals surface area (Å²) in [5, 5.41) is 14.9. The van der Waals surface area contributed by atoms with E-state index < -0.39 is 0 Å². The molecule has 0 bridgehead atoms. The second-order valence-corrected chi connectivity index (χ2v) is 4.14. The number of aromatic nitrogens is 3. The lowest BCUT2D eigenvalue weighted by Gasteiger charge is -2.05. The molecule has 2 heterocycles. The van der Waals surface area contributed by atoms with Crippen LogP contribution >= 0.6 is 0 Å². The van der Waals surface area contributed by atoms with Crippen LogP contribution in [0.2, 0.25) is 0 Å². The van der Waals surface area contributed by atoms with Gasteiger partial charge in [0.25, 0.3) is 0 Å². The van der Waals surface area contributed by atoms with Crippen molar-refractivity contribution in [2.45, 2.75) is 6.92 Å². The maximum atomic E-state index is 9.79. The summed E-state index contributed by atoms with van der Waals surface area (Å²) >= 11 is 0. The van der Waals surface area contributed by atoms with E-state index in [2.05, 4.69) is 10.1 Å². The summed E-state index contributed by atoms with van der Waals surface area (Å²) in [6.45, 7) is 1.87. The van der Waals surface area contributed by atoms with E-state index in [0.717, 1.165) is 11.1 Å². The highest BCUT2D eigenvalue weighted by Gasteiger charge is 2.08. The number of phenolic OH excluding ortho intramolecular Hbond substituents is 1. The van der Waals surface area contributed by atoms with Gasteiger partial charge in [0.1, 0.15) is 17.1 Å². The van der Waals surface area contributed by atoms with Gasteiger partial charge in [-0.2, -0.15) is 9.78 Å². The van der Waals surface area contributed by atoms with Crippen LogP contribution in [0.25, 0.3) is 16.7 Å². The van der Waals surface area contributed by atoms with Gasteiger partial charge in [-0.3, -0.25) is 0 Å². The molecule has 18 heavy (non-hydrogen) atoms. The molecule has 3 rings (SSSR count). The van der Waals surface area contributed by atoms with E-state index in [1.807, 2.05) is 25.1 Å². The third kappa shape index (κ3) is 1.57. The number of phenols is 1. The fourth-order valence-corrected chi connectivity index (χ4v) is 1.94. The van der Waals surface area contributed by atoms with Crippen LogP contribution in [0.4, 0.5) is 5.82 Å². The number of fused-ring (bicyclic) bond motifs is 1. The van der Waals surface area contributed by atoms with Crippen LogP contribution in [0.5, 0.6) is 5.75 Å². The molecule has 0 unspecified atom stereocenters. The molecule has 3 aromatic rings. The summed E-state index contributed by atoms with van der Waals surface area (Å²) in [7, 11) is 0. The van der Waals surface area contributed by atoms with E-state index in [1.165, 1.54) is 0 Å². The molecule has 5 heteroatoms. The van der Waals surface area contributed by atoms with E-state index in [0.29, 0.717) is 17.2 Å². The number of para-hydroxylation sites is 1. The van der Waals surface area contributed by atoms with Crippen molar-refractivity contribution < 1.29 is 5.11 Å². The predicted molar refractivity (Wildman–Crippen MR) is 69.7 cm³/mol. The highest BCUT2D eigenvalue weighted by Crippen LogP contribution is 2.24. The average molecular weight is 240 g/mol. The summed E-state index contributed by atoms with van der Waals surface area (Å²) in [4.78, 5) is 4.39. The summed E-state index contributed by atoms with van der Waals surface area (Å²) < 4.78 is 1.56. The number of rotatable bonds is 1. The molecule has 0 amide bonds. The van der Waals surface area contributed by atoms with E-state index in [1.54, 1.807) is 22.9 Å². The SMILES string of the molecule is Cc1cc(N)n(-c2ccc3cccc(O)c3n2)n1. The number of nitrogens with zero attached hydrogens (tertiary/aromatic N) is 3. The molecular weight excluding hydrogens is 228 g/mol. The Morgan fingerprint density at radius 1 is 1.22 bits per heavy atom. The summed E-state index contributed by atoms with van der Waals surface area (Å²) in [6, 6.07) is 10.8. The van der Waals surface area contributed by atoms with Gasteiger partial charge in [0.15, 0.2) is 5.82 Å². The summed E-state index contributed by atoms with van der Waals surface area (Å²) in [6.07, 6.45) is 0. The molecule has 0 saturated heterocycles. The Bertz CT molecular complexity index is 733. The molecule has 3 N–H and O–H groups in total. The monoisotopic (exact) mass is 240 g/mol. The summed E-state index contributed by atoms with van der Waals surface area (Å²) in [5.74, 6) is 1.26. The molecule has 2 aromatic heterocycles. The van der Waals surface area contributed by atoms with Crippen molar-refractivity contribution in [1.29, 1.82) is 0 Å². The Labute approximate surface area is 103 Å². The maximum absolute atomic E-state index is 9.79. The number of hydrogen-bond acceptors (Lipinski definition) is 4. The first-order chi connectivity index (χ1) is 8.65. The zero-order chi connectivity index (χ0) is 12.7. The van der Waals surface area contributed by atoms with Crippen LogP contribution in [0.1, 0.15) is 5.69 Å². The van der Waals surface area contributed by atoms with Crippen molar-refractivity contribution >= 4 is 16.7 Å². The second-order valence-electron chi connectivity index (χ2n) is 4.14. The molecule has 1 aromatic carbocycles. The standard InChI is InChI=1S/C13H12N4O/c1-8-7-11(14)17(16-8)12-6-5-9-3-2-4-10(18)13(9)15-12/h2-7,18H,14H2,1H3. The lowest BCUT2D eigenvalue weighted by molar-refractivity contribution is 0.480. The Morgan fingerprint density at radius 3 is 2.78 bits per heavy atom. The molecule has 0 aliphatic rings. The number of hydrogen-bond donors (Lipinski definition) is 2. The highest BCUT2D eigenvalue weighted by atomic mass is 16.3. The number of anilines is 1. The van der Waals surface area contributed by atoms with E-state index >= 15 is 0 Å². The fraction of sp³-hybridized carbons (Fsp3) is 0.0769. The van der Waals surface area contributed by atoms with Crippen LogP contribution in [0.15, 0.2) is 36.4 Å². The van der Waals surface area contributed by atoms with Gasteiger partial charge in [0.2, 0.25) is 0 Å². The number of nitrogens with two attached hydrogens (primary N) is 1. The number of aromatic hydroxyl groups is 1. The summed E-state index contributed by atoms with van der Waals surface area (Å²) in [5.41, 5.74) is 7.22. The number of benzene rings is 1. The molecule has 5 nitrogen and oxygen atoms in total. The lowest BCUT2D eigenvalue weighted by Crippen LogP contribution is -2.04. The minimum absolute atomic E-state index is 0.150. The first kappa shape index (κ1) is 10.6. The lowest BCUT2D eigenvalue weighted by atomic mass is 10.2. The van der Waals surface area contributed by atoms with Gasteiger partial charge in [-0.05, 0) is 25.1 Å². The van der Waals surface area contributed by atoms with E-state index in [-0.39, 0.29) is 5.75 Å². The van der Waals surface area contributed by atoms with Crippen LogP contribution < -0.4 is 5.73 Å². The van der Waals surface area contributed by atoms with E-state index in [9.17, 15) is 5.11 Å². The van der Waals surface area contributed by atoms with Gasteiger partial charge in [0, 0.05) is 11.5 Å². The average Bonchev–Trinajstić information content (AvgIpc) is 2.69. The van der Waals surface area contributed by atoms with Crippen molar-refractivity contribution in [2.24, 2.45) is 0 Å². The first-order valence-corrected chi connectivity index (χ1v) is 5.56. The molecule has 0 atom stereocenters. The Morgan fingerprint density at radius 2 is 2.06 bits per heavy atom. The molecule has 0 radical (unpaired) electrons. The minimum atomic E-state index is 0.150. The van der Waals surface area contributed by atoms with Crippen molar-refractivity contribution in [3.05, 3.63) is 42.1 Å². The van der Waals surface area contributed by atoms with Gasteiger partial charge in [0.05, 0.1) is 5.69 Å². The Hall–Kier alpha value is -2.56. The van der Waals surface area contributed by atoms with Gasteiger partial charge >= 0.3 is 0 Å². The zero-order valence-corrected chi connectivity index (χ0v) is 9.83. The molecule has 0 saturated carbocycles. The smallest absolute Gasteiger partial charge is 0.156 e. The normalized spacial score (nSPS) is 10.9. The van der Waals surface area contributed by atoms with Crippen molar-refractivity contribution in [3.63, 3.8) is 0 Å². The van der Waals surface area contributed by atoms with Crippen molar-refractivity contribution in [2.75, 3.05) is 5.73 Å². The van der Waals surface area contributed by atoms with Gasteiger partial charge in [-0.25, -0.2) is 4.98 Å². The molecule has 0 aliphatic heterocycles. The minimum Gasteiger partial charge on any atom is -0.506 e. The number of aryl methyl sites for hydroxylation is 1. The molecule has 0 fully saturated rings. The fourth-order valence-electron chi connectivity index (χ4n) is 1.94. The Balaban J connectivity index is 2.25. The topological polar surface area (TPSA) is 77.0 Å². The molecule has 0 aliphatic carbocycles. The predicted octanol–water partition coefficient (Wildman–Crippen LogP) is 2.02. The van der Waals surface area contributed by atoms with Gasteiger partial charge in [-0.1, -0.05) is 12.1 Å². The van der Waals surface area contributed by atoms with Crippen LogP contribution in [-0.4, -0.2) is 19.9 Å². The molecule has 0 spiro atoms. The maximum Gasteiger partial charge on any atom is 0.156 e. The third-order valence-electron chi connectivity index (χ3n) is 2.76. The van der Waals surface area contributed by atoms with Crippen molar-refractivity contribution in [1.82, 2.24) is 14.8 Å². The first-order valence-electron chi connectivity index (χ1n) is 5.56. The van der Waals surface area contributed by atoms with Crippen LogP contribution in [0, 0.1) is 6.92 Å². The van der Waals surface area contributed by atoms with Crippen LogP contribution in [-0.2, 0) is 0 Å². The van der Waals surface area contributed by atoms with Crippen LogP contribution in [0.3, 0.4) is 0 Å². The zero-order valence-electron chi connectivity index (χ0n) is 9.83. The highest BCUT2D eigenvalue weighted by molar-refractivity contribution is 5.84. The second kappa shape index (κ2) is 3.73. The number of nitrogen functional groups attached to an aromatic ring is 1. The third-order valence-corrected chi connectivity index (χ3v) is 2.76. The molecular formula is C13H12N4O. The van der Waals surface area contributed by atoms with E-state index in [4.69, 9.17) is 5.73 Å². The van der Waals surface area contributed by atoms with Crippen molar-refractivity contribution in [3.8, 4) is 11.6 Å². The molecule has 90 valence electrons. The Kier molecular flexibility index (Phi) is 2.19. The quantitative estimate of drug-likeness (QED) is 0.682. The number of pyridine rings is 1. The van der Waals surface area contributed by atoms with Gasteiger partial charge in [-0.15, -0.1) is 0 Å². The largest absolute Gasteiger partial charge is 0.506 e. The van der Waals surface area contributed by atoms with Gasteiger partial charge < -0.3 is 10.8 Å².